The number of allylic oxidation sites excluding steroid dienone is 1. The zero-order valence-electron chi connectivity index (χ0n) is 18.2. The van der Waals surface area contributed by atoms with Crippen LogP contribution in [0.15, 0.2) is 63.5 Å². The van der Waals surface area contributed by atoms with Crippen LogP contribution in [-0.4, -0.2) is 29.4 Å². The first-order chi connectivity index (χ1) is 15.8. The molecule has 2 aromatic carbocycles. The Hall–Kier alpha value is -3.36. The monoisotopic (exact) mass is 484 g/mol. The highest BCUT2D eigenvalue weighted by atomic mass is 35.5. The highest BCUT2D eigenvalue weighted by Gasteiger charge is 2.34. The number of carbonyl (C=O) groups is 1. The van der Waals surface area contributed by atoms with Gasteiger partial charge in [0.05, 0.1) is 29.5 Å². The van der Waals surface area contributed by atoms with E-state index < -0.39 is 12.0 Å². The molecule has 33 heavy (non-hydrogen) atoms. The smallest absolute Gasteiger partial charge is 0.338 e. The number of hydrogen-bond donors (Lipinski definition) is 1. The second-order valence-electron chi connectivity index (χ2n) is 7.25. The van der Waals surface area contributed by atoms with Crippen LogP contribution in [0.1, 0.15) is 31.0 Å². The number of thiazole rings is 1. The van der Waals surface area contributed by atoms with Crippen molar-refractivity contribution in [2.45, 2.75) is 19.9 Å². The second-order valence-corrected chi connectivity index (χ2v) is 8.69. The number of fused-ring (bicyclic) bond motifs is 1. The molecule has 4 rings (SSSR count). The first-order valence-electron chi connectivity index (χ1n) is 10.2. The lowest BCUT2D eigenvalue weighted by molar-refractivity contribution is -0.139. The summed E-state index contributed by atoms with van der Waals surface area (Å²) in [5.41, 5.74) is 1.41. The summed E-state index contributed by atoms with van der Waals surface area (Å²) in [4.78, 5) is 31.5. The third-order valence-corrected chi connectivity index (χ3v) is 6.44. The molecule has 7 nitrogen and oxygen atoms in total. The standard InChI is InChI=1S/C24H21ClN2O5S/c1-4-32-23(30)20-13(2)26-24-27(21(20)16-7-5-6-8-18(16)31-3)22(29)19(33-24)12-14-11-15(25)9-10-17(14)28/h5-12,21,28H,4H2,1-3H3/b19-12+. The van der Waals surface area contributed by atoms with Crippen LogP contribution >= 0.6 is 22.9 Å². The number of aromatic nitrogens is 1. The number of methoxy groups -OCH3 is 1. The van der Waals surface area contributed by atoms with Crippen LogP contribution in [0.5, 0.6) is 11.5 Å². The van der Waals surface area contributed by atoms with Gasteiger partial charge in [0.25, 0.3) is 5.56 Å². The molecule has 1 aliphatic rings. The number of phenolic OH excluding ortho intramolecular Hbond substituents is 1. The fraction of sp³-hybridized carbons (Fsp3) is 0.208. The van der Waals surface area contributed by atoms with Crippen LogP contribution < -0.4 is 19.6 Å². The van der Waals surface area contributed by atoms with Crippen LogP contribution in [0.3, 0.4) is 0 Å². The van der Waals surface area contributed by atoms with Crippen molar-refractivity contribution in [1.29, 1.82) is 0 Å². The number of nitrogens with zero attached hydrogens (tertiary/aromatic N) is 2. The molecule has 9 heteroatoms. The van der Waals surface area contributed by atoms with Crippen molar-refractivity contribution in [1.82, 2.24) is 4.57 Å². The average Bonchev–Trinajstić information content (AvgIpc) is 3.10. The van der Waals surface area contributed by atoms with Crippen LogP contribution in [0.2, 0.25) is 5.02 Å². The number of hydrogen-bond acceptors (Lipinski definition) is 7. The van der Waals surface area contributed by atoms with Crippen LogP contribution in [0.4, 0.5) is 0 Å². The zero-order chi connectivity index (χ0) is 23.7. The highest BCUT2D eigenvalue weighted by Crippen LogP contribution is 2.35. The van der Waals surface area contributed by atoms with E-state index in [0.717, 1.165) is 11.3 Å². The molecule has 0 bridgehead atoms. The molecule has 0 saturated heterocycles. The number of ether oxygens (including phenoxy) is 2. The predicted molar refractivity (Wildman–Crippen MR) is 127 cm³/mol. The van der Waals surface area contributed by atoms with E-state index in [1.165, 1.54) is 17.7 Å². The number of benzene rings is 2. The van der Waals surface area contributed by atoms with Gasteiger partial charge in [0.1, 0.15) is 17.5 Å². The Morgan fingerprint density at radius 3 is 2.79 bits per heavy atom. The predicted octanol–water partition coefficient (Wildman–Crippen LogP) is 3.17. The van der Waals surface area contributed by atoms with E-state index in [4.69, 9.17) is 21.1 Å². The molecule has 0 aliphatic carbocycles. The van der Waals surface area contributed by atoms with Gasteiger partial charge in [-0.25, -0.2) is 9.79 Å². The van der Waals surface area contributed by atoms with Crippen molar-refractivity contribution in [3.63, 3.8) is 0 Å². The Kier molecular flexibility index (Phi) is 6.40. The molecule has 0 radical (unpaired) electrons. The van der Waals surface area contributed by atoms with Gasteiger partial charge in [0.15, 0.2) is 4.80 Å². The van der Waals surface area contributed by atoms with Gasteiger partial charge in [0.2, 0.25) is 0 Å². The van der Waals surface area contributed by atoms with Gasteiger partial charge in [-0.15, -0.1) is 0 Å². The van der Waals surface area contributed by atoms with Crippen LogP contribution in [0, 0.1) is 0 Å². The Morgan fingerprint density at radius 1 is 1.30 bits per heavy atom. The molecular weight excluding hydrogens is 464 g/mol. The lowest BCUT2D eigenvalue weighted by Crippen LogP contribution is -2.40. The van der Waals surface area contributed by atoms with E-state index in [1.54, 1.807) is 44.2 Å². The number of para-hydroxylation sites is 1. The molecule has 0 fully saturated rings. The van der Waals surface area contributed by atoms with Crippen molar-refractivity contribution in [2.75, 3.05) is 13.7 Å². The van der Waals surface area contributed by atoms with E-state index in [1.807, 2.05) is 12.1 Å². The normalized spacial score (nSPS) is 15.8. The fourth-order valence-corrected chi connectivity index (χ4v) is 4.98. The van der Waals surface area contributed by atoms with Gasteiger partial charge in [0, 0.05) is 16.1 Å². The maximum atomic E-state index is 13.6. The van der Waals surface area contributed by atoms with Crippen LogP contribution in [0.25, 0.3) is 6.08 Å². The Morgan fingerprint density at radius 2 is 2.06 bits per heavy atom. The molecule has 0 amide bonds. The molecule has 1 N–H and O–H groups in total. The zero-order valence-corrected chi connectivity index (χ0v) is 19.7. The summed E-state index contributed by atoms with van der Waals surface area (Å²) >= 11 is 7.22. The minimum Gasteiger partial charge on any atom is -0.507 e. The number of esters is 1. The highest BCUT2D eigenvalue weighted by molar-refractivity contribution is 7.07. The Labute approximate surface area is 198 Å². The minimum absolute atomic E-state index is 0.00472. The molecule has 1 aliphatic heterocycles. The molecular formula is C24H21ClN2O5S. The van der Waals surface area contributed by atoms with Crippen molar-refractivity contribution >= 4 is 35.0 Å². The number of rotatable bonds is 5. The van der Waals surface area contributed by atoms with Crippen molar-refractivity contribution in [3.8, 4) is 11.5 Å². The van der Waals surface area contributed by atoms with E-state index in [2.05, 4.69) is 4.99 Å². The van der Waals surface area contributed by atoms with Gasteiger partial charge >= 0.3 is 5.97 Å². The lowest BCUT2D eigenvalue weighted by Gasteiger charge is -2.25. The van der Waals surface area contributed by atoms with E-state index in [0.29, 0.717) is 36.9 Å². The number of phenols is 1. The van der Waals surface area contributed by atoms with E-state index in [-0.39, 0.29) is 23.5 Å². The average molecular weight is 485 g/mol. The van der Waals surface area contributed by atoms with Crippen molar-refractivity contribution in [2.24, 2.45) is 4.99 Å². The molecule has 1 atom stereocenters. The molecule has 1 aromatic heterocycles. The molecule has 170 valence electrons. The number of halogens is 1. The minimum atomic E-state index is -0.786. The topological polar surface area (TPSA) is 90.1 Å². The molecule has 0 saturated carbocycles. The summed E-state index contributed by atoms with van der Waals surface area (Å²) < 4.78 is 12.6. The fourth-order valence-electron chi connectivity index (χ4n) is 3.76. The van der Waals surface area contributed by atoms with Crippen molar-refractivity contribution in [3.05, 3.63) is 89.6 Å². The second kappa shape index (κ2) is 9.25. The first-order valence-corrected chi connectivity index (χ1v) is 11.4. The number of carbonyl (C=O) groups excluding carboxylic acids is 1. The third kappa shape index (κ3) is 4.19. The van der Waals surface area contributed by atoms with Gasteiger partial charge in [-0.1, -0.05) is 41.1 Å². The Balaban J connectivity index is 2.01. The molecule has 3 aromatic rings. The van der Waals surface area contributed by atoms with Gasteiger partial charge in [-0.3, -0.25) is 9.36 Å². The van der Waals surface area contributed by atoms with Crippen LogP contribution in [-0.2, 0) is 9.53 Å². The Bertz CT molecular complexity index is 1450. The molecule has 0 spiro atoms. The SMILES string of the molecule is CCOC(=O)C1=C(C)N=c2s/c(=C/c3cc(Cl)ccc3O)c(=O)n2C1c1ccccc1OC. The van der Waals surface area contributed by atoms with E-state index >= 15 is 0 Å². The summed E-state index contributed by atoms with van der Waals surface area (Å²) in [5, 5.41) is 10.6. The first kappa shape index (κ1) is 22.8. The summed E-state index contributed by atoms with van der Waals surface area (Å²) in [6.07, 6.45) is 1.56. The summed E-state index contributed by atoms with van der Waals surface area (Å²) in [6, 6.07) is 11.0. The van der Waals surface area contributed by atoms with Gasteiger partial charge in [-0.05, 0) is 44.2 Å². The van der Waals surface area contributed by atoms with Crippen molar-refractivity contribution < 1.29 is 19.4 Å². The molecule has 1 unspecified atom stereocenters. The maximum absolute atomic E-state index is 13.6. The maximum Gasteiger partial charge on any atom is 0.338 e. The quantitative estimate of drug-likeness (QED) is 0.562. The van der Waals surface area contributed by atoms with Gasteiger partial charge < -0.3 is 14.6 Å². The van der Waals surface area contributed by atoms with E-state index in [9.17, 15) is 14.7 Å². The lowest BCUT2D eigenvalue weighted by atomic mass is 9.95. The molecule has 2 heterocycles. The summed E-state index contributed by atoms with van der Waals surface area (Å²) in [7, 11) is 1.53. The summed E-state index contributed by atoms with van der Waals surface area (Å²) in [6.45, 7) is 3.62. The largest absolute Gasteiger partial charge is 0.507 e. The summed E-state index contributed by atoms with van der Waals surface area (Å²) in [5.74, 6) is -0.0209. The third-order valence-electron chi connectivity index (χ3n) is 5.23. The van der Waals surface area contributed by atoms with Gasteiger partial charge in [-0.2, -0.15) is 0 Å². The number of aromatic hydroxyl groups is 1.